The Hall–Kier alpha value is -3.50. The lowest BCUT2D eigenvalue weighted by Crippen LogP contribution is -2.47. The second kappa shape index (κ2) is 11.1. The molecule has 0 saturated carbocycles. The molecule has 218 valence electrons. The molecular formula is C30H33ClF3N5O2. The van der Waals surface area contributed by atoms with Crippen molar-refractivity contribution in [1.82, 2.24) is 9.88 Å². The van der Waals surface area contributed by atoms with Crippen LogP contribution in [-0.4, -0.2) is 48.5 Å². The molecule has 0 atom stereocenters. The molecule has 1 spiro atoms. The summed E-state index contributed by atoms with van der Waals surface area (Å²) in [4.78, 5) is 22.1. The lowest BCUT2D eigenvalue weighted by atomic mass is 9.74. The Balaban J connectivity index is 1.35. The van der Waals surface area contributed by atoms with Crippen LogP contribution in [0.2, 0.25) is 5.15 Å². The topological polar surface area (TPSA) is 69.7 Å². The summed E-state index contributed by atoms with van der Waals surface area (Å²) in [5.41, 5.74) is 3.80. The molecule has 0 unspecified atom stereocenters. The Labute approximate surface area is 242 Å². The lowest BCUT2D eigenvalue weighted by molar-refractivity contribution is -0.274. The first kappa shape index (κ1) is 29.0. The highest BCUT2D eigenvalue weighted by atomic mass is 35.5. The Morgan fingerprint density at radius 3 is 2.34 bits per heavy atom. The predicted molar refractivity (Wildman–Crippen MR) is 155 cm³/mol. The first-order valence-electron chi connectivity index (χ1n) is 13.5. The van der Waals surface area contributed by atoms with E-state index in [2.05, 4.69) is 50.9 Å². The molecule has 0 bridgehead atoms. The number of fused-ring (bicyclic) bond motifs is 2. The first-order chi connectivity index (χ1) is 19.3. The van der Waals surface area contributed by atoms with E-state index in [0.29, 0.717) is 23.1 Å². The molecule has 3 aromatic rings. The largest absolute Gasteiger partial charge is 0.573 e. The molecule has 0 aliphatic carbocycles. The number of pyridine rings is 1. The molecule has 41 heavy (non-hydrogen) atoms. The SMILES string of the molecule is CC(C)(C)CN1CCC2(CC1)CN(c1ccccc1NC(=O)Nc1ccc(OC(F)(F)F)cc1)c1ccnc(Cl)c12. The number of halogens is 4. The Morgan fingerprint density at radius 2 is 1.68 bits per heavy atom. The standard InChI is InChI=1S/C30H33ClF3N5O2/c1-28(2,3)18-38-16-13-29(14-17-38)19-39(24-12-15-35-26(31)25(24)29)23-7-5-4-6-22(23)37-27(40)36-20-8-10-21(11-9-20)41-30(32,33)34/h4-12,15H,13-14,16-19H2,1-3H3,(H2,36,37,40). The third-order valence-electron chi connectivity index (χ3n) is 7.46. The maximum Gasteiger partial charge on any atom is 0.573 e. The maximum atomic E-state index is 12.9. The number of anilines is 4. The Kier molecular flexibility index (Phi) is 7.82. The number of piperidine rings is 1. The van der Waals surface area contributed by atoms with Crippen LogP contribution in [0.3, 0.4) is 0 Å². The number of benzene rings is 2. The Morgan fingerprint density at radius 1 is 1.00 bits per heavy atom. The first-order valence-corrected chi connectivity index (χ1v) is 13.9. The number of alkyl halides is 3. The quantitative estimate of drug-likeness (QED) is 0.298. The molecule has 2 aliphatic rings. The van der Waals surface area contributed by atoms with Gasteiger partial charge in [-0.3, -0.25) is 0 Å². The van der Waals surface area contributed by atoms with E-state index in [9.17, 15) is 18.0 Å². The van der Waals surface area contributed by atoms with E-state index in [0.717, 1.165) is 61.5 Å². The molecule has 0 radical (unpaired) electrons. The van der Waals surface area contributed by atoms with Crippen LogP contribution in [0, 0.1) is 5.41 Å². The number of carbonyl (C=O) groups is 1. The molecule has 2 amide bonds. The minimum Gasteiger partial charge on any atom is -0.406 e. The van der Waals surface area contributed by atoms with E-state index < -0.39 is 12.4 Å². The summed E-state index contributed by atoms with van der Waals surface area (Å²) < 4.78 is 41.2. The minimum atomic E-state index is -4.79. The fraction of sp³-hybridized carbons (Fsp3) is 0.400. The van der Waals surface area contributed by atoms with Gasteiger partial charge in [0.15, 0.2) is 0 Å². The maximum absolute atomic E-state index is 12.9. The van der Waals surface area contributed by atoms with Crippen LogP contribution in [0.4, 0.5) is 40.7 Å². The van der Waals surface area contributed by atoms with E-state index in [1.807, 2.05) is 30.3 Å². The van der Waals surface area contributed by atoms with Gasteiger partial charge in [0.1, 0.15) is 10.9 Å². The van der Waals surface area contributed by atoms with Crippen molar-refractivity contribution in [3.8, 4) is 5.75 Å². The zero-order valence-corrected chi connectivity index (χ0v) is 23.9. The third-order valence-corrected chi connectivity index (χ3v) is 7.75. The zero-order chi connectivity index (χ0) is 29.4. The van der Waals surface area contributed by atoms with Crippen LogP contribution in [0.25, 0.3) is 0 Å². The average Bonchev–Trinajstić information content (AvgIpc) is 3.20. The van der Waals surface area contributed by atoms with Gasteiger partial charge in [0.2, 0.25) is 0 Å². The fourth-order valence-electron chi connectivity index (χ4n) is 5.88. The van der Waals surface area contributed by atoms with Gasteiger partial charge in [-0.25, -0.2) is 9.78 Å². The number of carbonyl (C=O) groups excluding carboxylic acids is 1. The van der Waals surface area contributed by atoms with Gasteiger partial charge in [-0.15, -0.1) is 13.2 Å². The van der Waals surface area contributed by atoms with Gasteiger partial charge in [0.05, 0.1) is 11.4 Å². The molecule has 1 fully saturated rings. The molecule has 3 heterocycles. The molecule has 2 aliphatic heterocycles. The van der Waals surface area contributed by atoms with Crippen LogP contribution >= 0.6 is 11.6 Å². The van der Waals surface area contributed by atoms with E-state index in [1.54, 1.807) is 6.20 Å². The van der Waals surface area contributed by atoms with Crippen molar-refractivity contribution in [2.45, 2.75) is 45.4 Å². The summed E-state index contributed by atoms with van der Waals surface area (Å²) in [6.45, 7) is 10.4. The summed E-state index contributed by atoms with van der Waals surface area (Å²) in [5, 5.41) is 6.07. The second-order valence-corrected chi connectivity index (χ2v) is 12.2. The highest BCUT2D eigenvalue weighted by Gasteiger charge is 2.47. The van der Waals surface area contributed by atoms with Crippen molar-refractivity contribution in [1.29, 1.82) is 0 Å². The summed E-state index contributed by atoms with van der Waals surface area (Å²) in [5.74, 6) is -0.368. The molecular weight excluding hydrogens is 555 g/mol. The molecule has 2 aromatic carbocycles. The van der Waals surface area contributed by atoms with E-state index in [1.165, 1.54) is 12.1 Å². The van der Waals surface area contributed by atoms with Gasteiger partial charge in [-0.2, -0.15) is 0 Å². The molecule has 11 heteroatoms. The number of ether oxygens (including phenoxy) is 1. The monoisotopic (exact) mass is 587 g/mol. The molecule has 2 N–H and O–H groups in total. The van der Waals surface area contributed by atoms with Crippen molar-refractivity contribution in [2.24, 2.45) is 5.41 Å². The molecule has 1 saturated heterocycles. The van der Waals surface area contributed by atoms with E-state index in [4.69, 9.17) is 11.6 Å². The molecule has 7 nitrogen and oxygen atoms in total. The number of likely N-dealkylation sites (tertiary alicyclic amines) is 1. The number of nitrogens with zero attached hydrogens (tertiary/aromatic N) is 3. The number of nitrogens with one attached hydrogen (secondary N) is 2. The van der Waals surface area contributed by atoms with Crippen molar-refractivity contribution in [3.63, 3.8) is 0 Å². The smallest absolute Gasteiger partial charge is 0.406 e. The summed E-state index contributed by atoms with van der Waals surface area (Å²) >= 11 is 6.75. The van der Waals surface area contributed by atoms with Gasteiger partial charge < -0.3 is 25.2 Å². The third kappa shape index (κ3) is 6.70. The van der Waals surface area contributed by atoms with Crippen molar-refractivity contribution < 1.29 is 22.7 Å². The van der Waals surface area contributed by atoms with Crippen LogP contribution in [-0.2, 0) is 5.41 Å². The number of rotatable bonds is 5. The average molecular weight is 588 g/mol. The minimum absolute atomic E-state index is 0.162. The number of hydrogen-bond acceptors (Lipinski definition) is 5. The number of aromatic nitrogens is 1. The number of amides is 2. The van der Waals surface area contributed by atoms with Gasteiger partial charge in [0.25, 0.3) is 0 Å². The summed E-state index contributed by atoms with van der Waals surface area (Å²) in [6, 6.07) is 13.9. The summed E-state index contributed by atoms with van der Waals surface area (Å²) in [7, 11) is 0. The second-order valence-electron chi connectivity index (χ2n) is 11.9. The van der Waals surface area contributed by atoms with Crippen LogP contribution < -0.4 is 20.3 Å². The molecule has 1 aromatic heterocycles. The fourth-order valence-corrected chi connectivity index (χ4v) is 6.24. The van der Waals surface area contributed by atoms with Gasteiger partial charge in [0, 0.05) is 41.6 Å². The van der Waals surface area contributed by atoms with E-state index >= 15 is 0 Å². The number of hydrogen-bond donors (Lipinski definition) is 2. The highest BCUT2D eigenvalue weighted by Crippen LogP contribution is 2.52. The van der Waals surface area contributed by atoms with Crippen LogP contribution in [0.1, 0.15) is 39.2 Å². The van der Waals surface area contributed by atoms with Crippen LogP contribution in [0.5, 0.6) is 5.75 Å². The molecule has 5 rings (SSSR count). The lowest BCUT2D eigenvalue weighted by Gasteiger charge is -2.42. The van der Waals surface area contributed by atoms with E-state index in [-0.39, 0.29) is 16.6 Å². The normalized spacial score (nSPS) is 16.9. The highest BCUT2D eigenvalue weighted by molar-refractivity contribution is 6.30. The summed E-state index contributed by atoms with van der Waals surface area (Å²) in [6.07, 6.45) is -1.19. The van der Waals surface area contributed by atoms with Gasteiger partial charge in [-0.1, -0.05) is 44.5 Å². The Bertz CT molecular complexity index is 1400. The van der Waals surface area contributed by atoms with Crippen molar-refractivity contribution in [2.75, 3.05) is 41.7 Å². The predicted octanol–water partition coefficient (Wildman–Crippen LogP) is 7.81. The van der Waals surface area contributed by atoms with Gasteiger partial charge >= 0.3 is 12.4 Å². The van der Waals surface area contributed by atoms with Crippen molar-refractivity contribution >= 4 is 40.4 Å². The van der Waals surface area contributed by atoms with Gasteiger partial charge in [-0.05, 0) is 73.8 Å². The number of urea groups is 1. The van der Waals surface area contributed by atoms with Crippen molar-refractivity contribution in [3.05, 3.63) is 71.5 Å². The number of para-hydroxylation sites is 2. The van der Waals surface area contributed by atoms with Crippen LogP contribution in [0.15, 0.2) is 60.8 Å². The zero-order valence-electron chi connectivity index (χ0n) is 23.2.